The SMILES string of the molecule is Cc1csc(CN(CCBr)C2CC2)n1. The Morgan fingerprint density at radius 2 is 2.43 bits per heavy atom. The summed E-state index contributed by atoms with van der Waals surface area (Å²) >= 11 is 5.29. The van der Waals surface area contributed by atoms with Crippen LogP contribution in [-0.4, -0.2) is 27.8 Å². The third-order valence-electron chi connectivity index (χ3n) is 2.44. The van der Waals surface area contributed by atoms with E-state index in [0.717, 1.165) is 30.2 Å². The van der Waals surface area contributed by atoms with E-state index in [9.17, 15) is 0 Å². The number of halogens is 1. The highest BCUT2D eigenvalue weighted by molar-refractivity contribution is 9.09. The van der Waals surface area contributed by atoms with Crippen LogP contribution in [0.1, 0.15) is 23.5 Å². The van der Waals surface area contributed by atoms with E-state index in [1.165, 1.54) is 17.8 Å². The van der Waals surface area contributed by atoms with E-state index in [1.807, 2.05) is 0 Å². The molecule has 0 N–H and O–H groups in total. The summed E-state index contributed by atoms with van der Waals surface area (Å²) in [5.41, 5.74) is 1.15. The summed E-state index contributed by atoms with van der Waals surface area (Å²) in [6.45, 7) is 4.24. The Morgan fingerprint density at radius 3 is 2.93 bits per heavy atom. The Balaban J connectivity index is 1.92. The van der Waals surface area contributed by atoms with E-state index in [1.54, 1.807) is 11.3 Å². The molecule has 78 valence electrons. The standard InChI is InChI=1S/C10H15BrN2S/c1-8-7-14-10(12-8)6-13(5-4-11)9-2-3-9/h7,9H,2-6H2,1H3. The minimum atomic E-state index is 0.830. The van der Waals surface area contributed by atoms with Gasteiger partial charge in [-0.3, -0.25) is 4.90 Å². The van der Waals surface area contributed by atoms with Gasteiger partial charge in [-0.1, -0.05) is 15.9 Å². The van der Waals surface area contributed by atoms with Crippen molar-refractivity contribution in [2.45, 2.75) is 32.4 Å². The topological polar surface area (TPSA) is 16.1 Å². The average Bonchev–Trinajstić information content (AvgIpc) is 2.91. The van der Waals surface area contributed by atoms with Gasteiger partial charge in [0.25, 0.3) is 0 Å². The van der Waals surface area contributed by atoms with Gasteiger partial charge >= 0.3 is 0 Å². The number of hydrogen-bond donors (Lipinski definition) is 0. The quantitative estimate of drug-likeness (QED) is 0.768. The molecule has 1 aliphatic rings. The molecule has 1 fully saturated rings. The van der Waals surface area contributed by atoms with Crippen LogP contribution in [0.25, 0.3) is 0 Å². The molecule has 1 aliphatic carbocycles. The molecule has 0 atom stereocenters. The first-order chi connectivity index (χ1) is 6.79. The fraction of sp³-hybridized carbons (Fsp3) is 0.700. The zero-order valence-corrected chi connectivity index (χ0v) is 10.8. The van der Waals surface area contributed by atoms with Crippen molar-refractivity contribution in [2.24, 2.45) is 0 Å². The maximum Gasteiger partial charge on any atom is 0.107 e. The molecule has 1 aromatic rings. The molecule has 2 nitrogen and oxygen atoms in total. The van der Waals surface area contributed by atoms with Crippen molar-refractivity contribution in [3.05, 3.63) is 16.1 Å². The first-order valence-corrected chi connectivity index (χ1v) is 7.00. The number of aromatic nitrogens is 1. The van der Waals surface area contributed by atoms with Crippen molar-refractivity contribution >= 4 is 27.3 Å². The van der Waals surface area contributed by atoms with Crippen LogP contribution in [0.4, 0.5) is 0 Å². The van der Waals surface area contributed by atoms with E-state index in [0.29, 0.717) is 0 Å². The first kappa shape index (κ1) is 10.6. The molecule has 0 radical (unpaired) electrons. The number of rotatable bonds is 5. The summed E-state index contributed by atoms with van der Waals surface area (Å²) in [5.74, 6) is 0. The smallest absolute Gasteiger partial charge is 0.107 e. The molecular weight excluding hydrogens is 260 g/mol. The van der Waals surface area contributed by atoms with E-state index in [4.69, 9.17) is 0 Å². The van der Waals surface area contributed by atoms with Gasteiger partial charge in [-0.15, -0.1) is 11.3 Å². The van der Waals surface area contributed by atoms with Gasteiger partial charge in [0.15, 0.2) is 0 Å². The summed E-state index contributed by atoms with van der Waals surface area (Å²) in [6, 6.07) is 0.830. The summed E-state index contributed by atoms with van der Waals surface area (Å²) in [7, 11) is 0. The number of thiazole rings is 1. The highest BCUT2D eigenvalue weighted by Crippen LogP contribution is 2.28. The Labute approximate surface area is 97.5 Å². The number of aryl methyl sites for hydroxylation is 1. The number of nitrogens with zero attached hydrogens (tertiary/aromatic N) is 2. The molecule has 0 spiro atoms. The van der Waals surface area contributed by atoms with Gasteiger partial charge in [0.2, 0.25) is 0 Å². The molecule has 0 unspecified atom stereocenters. The molecule has 4 heteroatoms. The Hall–Kier alpha value is 0.0700. The Bertz CT molecular complexity index is 296. The predicted octanol–water partition coefficient (Wildman–Crippen LogP) is 2.81. The van der Waals surface area contributed by atoms with Gasteiger partial charge in [0.1, 0.15) is 5.01 Å². The summed E-state index contributed by atoms with van der Waals surface area (Å²) in [6.07, 6.45) is 2.74. The summed E-state index contributed by atoms with van der Waals surface area (Å²) in [4.78, 5) is 7.04. The largest absolute Gasteiger partial charge is 0.293 e. The van der Waals surface area contributed by atoms with Crippen molar-refractivity contribution in [3.63, 3.8) is 0 Å². The molecule has 0 aliphatic heterocycles. The van der Waals surface area contributed by atoms with Crippen molar-refractivity contribution in [1.29, 1.82) is 0 Å². The third-order valence-corrected chi connectivity index (χ3v) is 3.75. The molecule has 1 saturated carbocycles. The van der Waals surface area contributed by atoms with Crippen molar-refractivity contribution in [2.75, 3.05) is 11.9 Å². The Kier molecular flexibility index (Phi) is 3.57. The lowest BCUT2D eigenvalue weighted by Crippen LogP contribution is -2.27. The van der Waals surface area contributed by atoms with Gasteiger partial charge in [0, 0.05) is 29.0 Å². The minimum Gasteiger partial charge on any atom is -0.293 e. The minimum absolute atomic E-state index is 0.830. The normalized spacial score (nSPS) is 16.5. The summed E-state index contributed by atoms with van der Waals surface area (Å²) in [5, 5.41) is 4.46. The van der Waals surface area contributed by atoms with Gasteiger partial charge in [-0.05, 0) is 19.8 Å². The zero-order chi connectivity index (χ0) is 9.97. The van der Waals surface area contributed by atoms with Gasteiger partial charge < -0.3 is 0 Å². The van der Waals surface area contributed by atoms with Gasteiger partial charge in [-0.25, -0.2) is 4.98 Å². The van der Waals surface area contributed by atoms with Crippen LogP contribution in [0.5, 0.6) is 0 Å². The molecule has 2 rings (SSSR count). The molecule has 0 amide bonds. The van der Waals surface area contributed by atoms with Gasteiger partial charge in [-0.2, -0.15) is 0 Å². The zero-order valence-electron chi connectivity index (χ0n) is 8.37. The molecule has 14 heavy (non-hydrogen) atoms. The second-order valence-electron chi connectivity index (χ2n) is 3.77. The molecule has 0 aromatic carbocycles. The second kappa shape index (κ2) is 4.73. The Morgan fingerprint density at radius 1 is 1.64 bits per heavy atom. The van der Waals surface area contributed by atoms with E-state index < -0.39 is 0 Å². The van der Waals surface area contributed by atoms with E-state index in [2.05, 4.69) is 38.1 Å². The highest BCUT2D eigenvalue weighted by atomic mass is 79.9. The van der Waals surface area contributed by atoms with Crippen LogP contribution in [-0.2, 0) is 6.54 Å². The third kappa shape index (κ3) is 2.78. The fourth-order valence-electron chi connectivity index (χ4n) is 1.59. The predicted molar refractivity (Wildman–Crippen MR) is 64.1 cm³/mol. The fourth-order valence-corrected chi connectivity index (χ4v) is 2.84. The summed E-state index contributed by atoms with van der Waals surface area (Å²) < 4.78 is 0. The van der Waals surface area contributed by atoms with Crippen LogP contribution >= 0.6 is 27.3 Å². The maximum atomic E-state index is 4.50. The average molecular weight is 275 g/mol. The van der Waals surface area contributed by atoms with Crippen molar-refractivity contribution < 1.29 is 0 Å². The van der Waals surface area contributed by atoms with Crippen LogP contribution in [0.2, 0.25) is 0 Å². The number of alkyl halides is 1. The van der Waals surface area contributed by atoms with E-state index in [-0.39, 0.29) is 0 Å². The van der Waals surface area contributed by atoms with Crippen LogP contribution in [0.3, 0.4) is 0 Å². The van der Waals surface area contributed by atoms with Crippen LogP contribution in [0.15, 0.2) is 5.38 Å². The molecule has 1 heterocycles. The molecule has 1 aromatic heterocycles. The van der Waals surface area contributed by atoms with Gasteiger partial charge in [0.05, 0.1) is 6.54 Å². The monoisotopic (exact) mass is 274 g/mol. The lowest BCUT2D eigenvalue weighted by molar-refractivity contribution is 0.272. The first-order valence-electron chi connectivity index (χ1n) is 5.00. The van der Waals surface area contributed by atoms with Crippen molar-refractivity contribution in [1.82, 2.24) is 9.88 Å². The van der Waals surface area contributed by atoms with E-state index >= 15 is 0 Å². The van der Waals surface area contributed by atoms with Crippen LogP contribution < -0.4 is 0 Å². The maximum absolute atomic E-state index is 4.50. The van der Waals surface area contributed by atoms with Crippen molar-refractivity contribution in [3.8, 4) is 0 Å². The lowest BCUT2D eigenvalue weighted by Gasteiger charge is -2.18. The van der Waals surface area contributed by atoms with Crippen LogP contribution in [0, 0.1) is 6.92 Å². The number of hydrogen-bond acceptors (Lipinski definition) is 3. The molecule has 0 bridgehead atoms. The molecular formula is C10H15BrN2S. The molecule has 0 saturated heterocycles. The second-order valence-corrected chi connectivity index (χ2v) is 5.51. The highest BCUT2D eigenvalue weighted by Gasteiger charge is 2.28. The lowest BCUT2D eigenvalue weighted by atomic mass is 10.4.